The van der Waals surface area contributed by atoms with Crippen LogP contribution < -0.4 is 10.6 Å². The van der Waals surface area contributed by atoms with Crippen molar-refractivity contribution in [3.63, 3.8) is 0 Å². The number of anilines is 1. The Morgan fingerprint density at radius 1 is 1.33 bits per heavy atom. The summed E-state index contributed by atoms with van der Waals surface area (Å²) in [7, 11) is 0. The third kappa shape index (κ3) is 2.14. The van der Waals surface area contributed by atoms with Crippen molar-refractivity contribution in [3.05, 3.63) is 30.1 Å². The van der Waals surface area contributed by atoms with Crippen molar-refractivity contribution >= 4 is 11.6 Å². The van der Waals surface area contributed by atoms with E-state index in [1.807, 2.05) is 0 Å². The fraction of sp³-hybridized carbons (Fsp3) is 0.562. The highest BCUT2D eigenvalue weighted by atomic mass is 19.1. The van der Waals surface area contributed by atoms with Gasteiger partial charge in [0, 0.05) is 11.7 Å². The second-order valence-corrected chi connectivity index (χ2v) is 6.50. The van der Waals surface area contributed by atoms with Gasteiger partial charge in [-0.1, -0.05) is 6.42 Å². The van der Waals surface area contributed by atoms with E-state index in [4.69, 9.17) is 5.73 Å². The van der Waals surface area contributed by atoms with Crippen LogP contribution in [0.2, 0.25) is 0 Å². The Kier molecular flexibility index (Phi) is 3.28. The fourth-order valence-corrected chi connectivity index (χ4v) is 3.82. The maximum absolute atomic E-state index is 15.2. The van der Waals surface area contributed by atoms with E-state index in [-0.39, 0.29) is 24.3 Å². The number of rotatable bonds is 1. The first-order valence-corrected chi connectivity index (χ1v) is 7.38. The van der Waals surface area contributed by atoms with Gasteiger partial charge in [0.1, 0.15) is 11.5 Å². The normalized spacial score (nSPS) is 36.5. The molecule has 2 fully saturated rings. The average Bonchev–Trinajstić information content (AvgIpc) is 2.61. The molecule has 3 unspecified atom stereocenters. The van der Waals surface area contributed by atoms with Crippen molar-refractivity contribution in [2.24, 2.45) is 11.1 Å². The monoisotopic (exact) mass is 294 g/mol. The summed E-state index contributed by atoms with van der Waals surface area (Å²) < 4.78 is 28.2. The molecule has 1 saturated carbocycles. The van der Waals surface area contributed by atoms with Crippen molar-refractivity contribution in [2.45, 2.75) is 44.3 Å². The van der Waals surface area contributed by atoms with Crippen LogP contribution in [0.3, 0.4) is 0 Å². The van der Waals surface area contributed by atoms with Crippen molar-refractivity contribution in [1.82, 2.24) is 0 Å². The van der Waals surface area contributed by atoms with Crippen molar-refractivity contribution in [1.29, 1.82) is 0 Å². The Morgan fingerprint density at radius 3 is 2.62 bits per heavy atom. The molecule has 1 saturated heterocycles. The summed E-state index contributed by atoms with van der Waals surface area (Å²) in [6.07, 6.45) is 2.52. The van der Waals surface area contributed by atoms with E-state index in [0.29, 0.717) is 18.5 Å². The third-order valence-corrected chi connectivity index (χ3v) is 5.03. The molecule has 3 atom stereocenters. The molecule has 0 radical (unpaired) electrons. The van der Waals surface area contributed by atoms with Gasteiger partial charge in [-0.3, -0.25) is 4.79 Å². The first-order valence-electron chi connectivity index (χ1n) is 7.38. The fourth-order valence-electron chi connectivity index (χ4n) is 3.82. The van der Waals surface area contributed by atoms with Crippen LogP contribution in [-0.2, 0) is 4.79 Å². The van der Waals surface area contributed by atoms with Crippen LogP contribution in [0.1, 0.15) is 32.6 Å². The zero-order valence-electron chi connectivity index (χ0n) is 12.1. The Labute approximate surface area is 123 Å². The van der Waals surface area contributed by atoms with Crippen LogP contribution in [0.4, 0.5) is 14.5 Å². The summed E-state index contributed by atoms with van der Waals surface area (Å²) in [5, 5.41) is 0. The number of nitrogens with zero attached hydrogens (tertiary/aromatic N) is 1. The summed E-state index contributed by atoms with van der Waals surface area (Å²) in [6, 6.07) is 5.48. The molecule has 1 heterocycles. The highest BCUT2D eigenvalue weighted by molar-refractivity contribution is 6.01. The maximum atomic E-state index is 15.2. The largest absolute Gasteiger partial charge is 0.328 e. The third-order valence-electron chi connectivity index (χ3n) is 5.03. The van der Waals surface area contributed by atoms with E-state index < -0.39 is 11.1 Å². The summed E-state index contributed by atoms with van der Waals surface area (Å²) in [5.74, 6) is -0.586. The molecule has 2 aliphatic rings. The Bertz CT molecular complexity index is 558. The Hall–Kier alpha value is -1.49. The standard InChI is InChI=1S/C16H20F2N2O/c1-15(18)10-20(13-6-4-11(17)5-7-13)14(21)16(15)8-2-3-12(19)9-16/h4-7,12H,2-3,8-10,19H2,1H3. The van der Waals surface area contributed by atoms with Gasteiger partial charge in [0.25, 0.3) is 0 Å². The molecule has 1 amide bonds. The summed E-state index contributed by atoms with van der Waals surface area (Å²) in [6.45, 7) is 1.50. The predicted octanol–water partition coefficient (Wildman–Crippen LogP) is 2.79. The van der Waals surface area contributed by atoms with Crippen LogP contribution in [0, 0.1) is 11.2 Å². The lowest BCUT2D eigenvalue weighted by Gasteiger charge is -2.40. The Balaban J connectivity index is 1.97. The highest BCUT2D eigenvalue weighted by Crippen LogP contribution is 2.53. The van der Waals surface area contributed by atoms with Gasteiger partial charge in [0.05, 0.1) is 12.0 Å². The number of halogens is 2. The van der Waals surface area contributed by atoms with Gasteiger partial charge in [0.2, 0.25) is 5.91 Å². The van der Waals surface area contributed by atoms with Crippen LogP contribution in [0.25, 0.3) is 0 Å². The van der Waals surface area contributed by atoms with Gasteiger partial charge in [-0.25, -0.2) is 8.78 Å². The minimum atomic E-state index is -1.61. The van der Waals surface area contributed by atoms with E-state index in [0.717, 1.165) is 12.8 Å². The zero-order valence-corrected chi connectivity index (χ0v) is 12.1. The van der Waals surface area contributed by atoms with Gasteiger partial charge >= 0.3 is 0 Å². The number of hydrogen-bond acceptors (Lipinski definition) is 2. The number of benzene rings is 1. The molecule has 3 rings (SSSR count). The second-order valence-electron chi connectivity index (χ2n) is 6.50. The zero-order chi connectivity index (χ0) is 15.3. The quantitative estimate of drug-likeness (QED) is 0.865. The molecule has 1 aromatic rings. The first-order chi connectivity index (χ1) is 9.86. The average molecular weight is 294 g/mol. The van der Waals surface area contributed by atoms with Crippen molar-refractivity contribution in [2.75, 3.05) is 11.4 Å². The number of carbonyl (C=O) groups is 1. The number of amides is 1. The van der Waals surface area contributed by atoms with Gasteiger partial charge in [-0.05, 0) is 50.5 Å². The second kappa shape index (κ2) is 4.77. The molecule has 5 heteroatoms. The van der Waals surface area contributed by atoms with Gasteiger partial charge in [-0.15, -0.1) is 0 Å². The van der Waals surface area contributed by atoms with Crippen LogP contribution >= 0.6 is 0 Å². The Morgan fingerprint density at radius 2 is 2.00 bits per heavy atom. The van der Waals surface area contributed by atoms with E-state index in [9.17, 15) is 9.18 Å². The first kappa shape index (κ1) is 14.4. The molecule has 2 N–H and O–H groups in total. The lowest BCUT2D eigenvalue weighted by atomic mass is 9.65. The van der Waals surface area contributed by atoms with Crippen LogP contribution in [0.5, 0.6) is 0 Å². The summed E-state index contributed by atoms with van der Waals surface area (Å²) in [4.78, 5) is 14.3. The van der Waals surface area contributed by atoms with E-state index in [1.54, 1.807) is 0 Å². The van der Waals surface area contributed by atoms with Crippen LogP contribution in [-0.4, -0.2) is 24.2 Å². The molecule has 0 bridgehead atoms. The lowest BCUT2D eigenvalue weighted by Crippen LogP contribution is -2.50. The summed E-state index contributed by atoms with van der Waals surface area (Å²) in [5.41, 5.74) is 3.89. The number of alkyl halides is 1. The molecule has 114 valence electrons. The number of carbonyl (C=O) groups excluding carboxylic acids is 1. The summed E-state index contributed by atoms with van der Waals surface area (Å²) >= 11 is 0. The van der Waals surface area contributed by atoms with E-state index in [1.165, 1.54) is 36.1 Å². The minimum absolute atomic E-state index is 0.00415. The molecular weight excluding hydrogens is 274 g/mol. The lowest BCUT2D eigenvalue weighted by molar-refractivity contribution is -0.133. The van der Waals surface area contributed by atoms with Gasteiger partial charge < -0.3 is 10.6 Å². The predicted molar refractivity (Wildman–Crippen MR) is 77.1 cm³/mol. The molecule has 1 spiro atoms. The molecule has 1 aliphatic heterocycles. The molecule has 1 aromatic carbocycles. The van der Waals surface area contributed by atoms with Gasteiger partial charge in [0.15, 0.2) is 0 Å². The molecule has 1 aliphatic carbocycles. The van der Waals surface area contributed by atoms with Crippen molar-refractivity contribution < 1.29 is 13.6 Å². The van der Waals surface area contributed by atoms with Crippen LogP contribution in [0.15, 0.2) is 24.3 Å². The molecule has 21 heavy (non-hydrogen) atoms. The molecule has 3 nitrogen and oxygen atoms in total. The molecular formula is C16H20F2N2O. The van der Waals surface area contributed by atoms with E-state index in [2.05, 4.69) is 0 Å². The smallest absolute Gasteiger partial charge is 0.236 e. The van der Waals surface area contributed by atoms with E-state index >= 15 is 4.39 Å². The van der Waals surface area contributed by atoms with Crippen molar-refractivity contribution in [3.8, 4) is 0 Å². The SMILES string of the molecule is CC1(F)CN(c2ccc(F)cc2)C(=O)C12CCCC(N)C2. The number of nitrogens with two attached hydrogens (primary N) is 1. The van der Waals surface area contributed by atoms with Gasteiger partial charge in [-0.2, -0.15) is 0 Å². The maximum Gasteiger partial charge on any atom is 0.236 e. The molecule has 0 aromatic heterocycles. The highest BCUT2D eigenvalue weighted by Gasteiger charge is 2.63. The minimum Gasteiger partial charge on any atom is -0.328 e. The number of hydrogen-bond donors (Lipinski definition) is 1. The topological polar surface area (TPSA) is 46.3 Å².